The molecule has 1 aliphatic rings. The molecule has 2 heterocycles. The van der Waals surface area contributed by atoms with Crippen LogP contribution in [0.5, 0.6) is 5.75 Å². The number of aromatic nitrogens is 1. The summed E-state index contributed by atoms with van der Waals surface area (Å²) >= 11 is 0. The Morgan fingerprint density at radius 1 is 1.28 bits per heavy atom. The van der Waals surface area contributed by atoms with Gasteiger partial charge in [0.25, 0.3) is 5.56 Å². The second kappa shape index (κ2) is 8.59. The van der Waals surface area contributed by atoms with Crippen LogP contribution in [0.25, 0.3) is 0 Å². The van der Waals surface area contributed by atoms with E-state index in [0.29, 0.717) is 18.8 Å². The molecule has 3 rings (SSSR count). The molecule has 0 aliphatic carbocycles. The molecule has 2 aromatic rings. The van der Waals surface area contributed by atoms with Gasteiger partial charge in [0, 0.05) is 43.1 Å². The molecule has 0 saturated carbocycles. The fourth-order valence-electron chi connectivity index (χ4n) is 3.39. The Labute approximate surface area is 165 Å². The van der Waals surface area contributed by atoms with E-state index in [2.05, 4.69) is 10.2 Å². The van der Waals surface area contributed by atoms with Gasteiger partial charge in [-0.3, -0.25) is 9.59 Å². The fraction of sp³-hybridized carbons (Fsp3) is 0.400. The van der Waals surface area contributed by atoms with Gasteiger partial charge in [0.1, 0.15) is 12.3 Å². The maximum absolute atomic E-state index is 12.8. The zero-order valence-corrected chi connectivity index (χ0v) is 15.9. The Morgan fingerprint density at radius 2 is 2.07 bits per heavy atom. The predicted molar refractivity (Wildman–Crippen MR) is 102 cm³/mol. The standard InChI is InChI=1S/C20H22F3N3O3/c1-29-17-6-2-5-16(10-17)25-9-3-4-15(12-25)24-18(27)13-26-11-14(20(21,22)23)7-8-19(26)28/h2,5-8,10-11,15H,3-4,9,12-13H2,1H3,(H,24,27). The SMILES string of the molecule is COc1cccc(N2CCCC(NC(=O)Cn3cc(C(F)(F)F)ccc3=O)C2)c1. The van der Waals surface area contributed by atoms with Crippen molar-refractivity contribution in [3.8, 4) is 5.75 Å². The molecule has 156 valence electrons. The van der Waals surface area contributed by atoms with Crippen molar-refractivity contribution in [3.05, 3.63) is 58.5 Å². The number of nitrogens with zero attached hydrogens (tertiary/aromatic N) is 2. The summed E-state index contributed by atoms with van der Waals surface area (Å²) < 4.78 is 44.5. The molecule has 1 atom stereocenters. The van der Waals surface area contributed by atoms with Crippen LogP contribution in [0.3, 0.4) is 0 Å². The van der Waals surface area contributed by atoms with Crippen molar-refractivity contribution in [1.29, 1.82) is 0 Å². The van der Waals surface area contributed by atoms with E-state index in [4.69, 9.17) is 4.74 Å². The molecule has 1 N–H and O–H groups in total. The van der Waals surface area contributed by atoms with E-state index in [1.807, 2.05) is 24.3 Å². The van der Waals surface area contributed by atoms with Gasteiger partial charge in [-0.2, -0.15) is 13.2 Å². The molecule has 6 nitrogen and oxygen atoms in total. The highest BCUT2D eigenvalue weighted by atomic mass is 19.4. The zero-order chi connectivity index (χ0) is 21.0. The summed E-state index contributed by atoms with van der Waals surface area (Å²) in [6.07, 6.45) is -2.30. The zero-order valence-electron chi connectivity index (χ0n) is 15.9. The van der Waals surface area contributed by atoms with E-state index in [1.165, 1.54) is 0 Å². The quantitative estimate of drug-likeness (QED) is 0.825. The summed E-state index contributed by atoms with van der Waals surface area (Å²) in [6, 6.07) is 8.96. The highest BCUT2D eigenvalue weighted by Gasteiger charge is 2.31. The average Bonchev–Trinajstić information content (AvgIpc) is 2.69. The first-order valence-corrected chi connectivity index (χ1v) is 9.22. The molecule has 1 saturated heterocycles. The summed E-state index contributed by atoms with van der Waals surface area (Å²) in [7, 11) is 1.59. The van der Waals surface area contributed by atoms with Gasteiger partial charge >= 0.3 is 6.18 Å². The molecular formula is C20H22F3N3O3. The van der Waals surface area contributed by atoms with E-state index in [9.17, 15) is 22.8 Å². The van der Waals surface area contributed by atoms with Crippen molar-refractivity contribution in [1.82, 2.24) is 9.88 Å². The first kappa shape index (κ1) is 20.8. The van der Waals surface area contributed by atoms with E-state index < -0.39 is 29.8 Å². The number of amides is 1. The van der Waals surface area contributed by atoms with E-state index in [0.717, 1.165) is 41.5 Å². The van der Waals surface area contributed by atoms with Gasteiger partial charge in [-0.05, 0) is 31.0 Å². The summed E-state index contributed by atoms with van der Waals surface area (Å²) in [6.45, 7) is 0.932. The average molecular weight is 409 g/mol. The van der Waals surface area contributed by atoms with Crippen LogP contribution in [0.1, 0.15) is 18.4 Å². The lowest BCUT2D eigenvalue weighted by atomic mass is 10.0. The summed E-state index contributed by atoms with van der Waals surface area (Å²) in [5, 5.41) is 2.83. The van der Waals surface area contributed by atoms with Gasteiger partial charge in [0.05, 0.1) is 12.7 Å². The van der Waals surface area contributed by atoms with Crippen molar-refractivity contribution < 1.29 is 22.7 Å². The number of pyridine rings is 1. The maximum atomic E-state index is 12.8. The number of benzene rings is 1. The summed E-state index contributed by atoms with van der Waals surface area (Å²) in [4.78, 5) is 26.3. The van der Waals surface area contributed by atoms with Crippen molar-refractivity contribution in [2.45, 2.75) is 31.6 Å². The molecule has 1 amide bonds. The molecule has 1 aromatic carbocycles. The molecule has 0 radical (unpaired) electrons. The Bertz CT molecular complexity index is 927. The number of carbonyl (C=O) groups is 1. The number of anilines is 1. The number of carbonyl (C=O) groups excluding carboxylic acids is 1. The second-order valence-corrected chi connectivity index (χ2v) is 6.94. The highest BCUT2D eigenvalue weighted by Crippen LogP contribution is 2.28. The number of halogens is 3. The Hall–Kier alpha value is -2.97. The van der Waals surface area contributed by atoms with Crippen LogP contribution >= 0.6 is 0 Å². The van der Waals surface area contributed by atoms with Crippen LogP contribution < -0.4 is 20.5 Å². The minimum absolute atomic E-state index is 0.163. The molecule has 0 bridgehead atoms. The number of hydrogen-bond acceptors (Lipinski definition) is 4. The highest BCUT2D eigenvalue weighted by molar-refractivity contribution is 5.76. The number of methoxy groups -OCH3 is 1. The number of ether oxygens (including phenoxy) is 1. The largest absolute Gasteiger partial charge is 0.497 e. The minimum atomic E-state index is -4.58. The van der Waals surface area contributed by atoms with Crippen LogP contribution in [0, 0.1) is 0 Å². The number of nitrogens with one attached hydrogen (secondary N) is 1. The third-order valence-corrected chi connectivity index (χ3v) is 4.83. The van der Waals surface area contributed by atoms with Crippen LogP contribution in [0.2, 0.25) is 0 Å². The summed E-state index contributed by atoms with van der Waals surface area (Å²) in [5.74, 6) is 0.237. The number of rotatable bonds is 5. The maximum Gasteiger partial charge on any atom is 0.417 e. The van der Waals surface area contributed by atoms with Gasteiger partial charge in [-0.25, -0.2) is 0 Å². The first-order chi connectivity index (χ1) is 13.8. The number of hydrogen-bond donors (Lipinski definition) is 1. The molecule has 29 heavy (non-hydrogen) atoms. The fourth-order valence-corrected chi connectivity index (χ4v) is 3.39. The third-order valence-electron chi connectivity index (χ3n) is 4.83. The molecular weight excluding hydrogens is 387 g/mol. The smallest absolute Gasteiger partial charge is 0.417 e. The molecule has 9 heteroatoms. The van der Waals surface area contributed by atoms with Crippen molar-refractivity contribution >= 4 is 11.6 Å². The Balaban J connectivity index is 1.64. The Morgan fingerprint density at radius 3 is 2.79 bits per heavy atom. The predicted octanol–water partition coefficient (Wildman–Crippen LogP) is 2.66. The number of piperidine rings is 1. The molecule has 0 spiro atoms. The van der Waals surface area contributed by atoms with Gasteiger partial charge in [-0.15, -0.1) is 0 Å². The van der Waals surface area contributed by atoms with Crippen molar-refractivity contribution in [2.75, 3.05) is 25.1 Å². The van der Waals surface area contributed by atoms with Gasteiger partial charge in [-0.1, -0.05) is 6.07 Å². The van der Waals surface area contributed by atoms with Crippen LogP contribution in [-0.2, 0) is 17.5 Å². The topological polar surface area (TPSA) is 63.6 Å². The van der Waals surface area contributed by atoms with E-state index >= 15 is 0 Å². The van der Waals surface area contributed by atoms with Gasteiger partial charge in [0.15, 0.2) is 0 Å². The Kier molecular flexibility index (Phi) is 6.14. The minimum Gasteiger partial charge on any atom is -0.497 e. The van der Waals surface area contributed by atoms with Gasteiger partial charge < -0.3 is 19.5 Å². The molecule has 1 fully saturated rings. The van der Waals surface area contributed by atoms with E-state index in [1.54, 1.807) is 7.11 Å². The lowest BCUT2D eigenvalue weighted by molar-refractivity contribution is -0.138. The monoisotopic (exact) mass is 409 g/mol. The first-order valence-electron chi connectivity index (χ1n) is 9.22. The lowest BCUT2D eigenvalue weighted by Gasteiger charge is -2.35. The second-order valence-electron chi connectivity index (χ2n) is 6.94. The van der Waals surface area contributed by atoms with Gasteiger partial charge in [0.2, 0.25) is 5.91 Å². The van der Waals surface area contributed by atoms with Crippen LogP contribution in [0.15, 0.2) is 47.4 Å². The molecule has 1 aromatic heterocycles. The van der Waals surface area contributed by atoms with E-state index in [-0.39, 0.29) is 6.04 Å². The third kappa shape index (κ3) is 5.30. The summed E-state index contributed by atoms with van der Waals surface area (Å²) in [5.41, 5.74) is -0.654. The number of alkyl halides is 3. The molecule has 1 aliphatic heterocycles. The van der Waals surface area contributed by atoms with Crippen molar-refractivity contribution in [2.24, 2.45) is 0 Å². The van der Waals surface area contributed by atoms with Crippen molar-refractivity contribution in [3.63, 3.8) is 0 Å². The van der Waals surface area contributed by atoms with Crippen LogP contribution in [-0.4, -0.2) is 36.7 Å². The molecule has 1 unspecified atom stereocenters. The van der Waals surface area contributed by atoms with Crippen LogP contribution in [0.4, 0.5) is 18.9 Å². The lowest BCUT2D eigenvalue weighted by Crippen LogP contribution is -2.49. The normalized spacial score (nSPS) is 17.1.